The third kappa shape index (κ3) is 1.69. The molecular weight excluding hydrogens is 214 g/mol. The Morgan fingerprint density at radius 1 is 1.35 bits per heavy atom. The molecular formula is C13H13N3O. The molecule has 0 aromatic carbocycles. The zero-order valence-electron chi connectivity index (χ0n) is 9.47. The van der Waals surface area contributed by atoms with Gasteiger partial charge in [0.05, 0.1) is 23.5 Å². The first kappa shape index (κ1) is 10.3. The van der Waals surface area contributed by atoms with Gasteiger partial charge in [0.1, 0.15) is 0 Å². The molecule has 0 bridgehead atoms. The van der Waals surface area contributed by atoms with Crippen LogP contribution in [0.3, 0.4) is 0 Å². The molecule has 1 saturated heterocycles. The molecule has 1 atom stereocenters. The molecule has 4 heteroatoms. The molecule has 1 aliphatic rings. The van der Waals surface area contributed by atoms with Crippen molar-refractivity contribution in [3.63, 3.8) is 0 Å². The number of nitrogens with zero attached hydrogens (tertiary/aromatic N) is 3. The molecule has 4 nitrogen and oxygen atoms in total. The molecule has 2 aromatic rings. The molecule has 0 amide bonds. The van der Waals surface area contributed by atoms with Crippen molar-refractivity contribution in [2.75, 3.05) is 6.61 Å². The van der Waals surface area contributed by atoms with Crippen molar-refractivity contribution in [3.8, 4) is 12.3 Å². The highest BCUT2D eigenvalue weighted by Gasteiger charge is 2.19. The summed E-state index contributed by atoms with van der Waals surface area (Å²) < 4.78 is 7.62. The van der Waals surface area contributed by atoms with E-state index in [1.54, 1.807) is 18.6 Å². The molecule has 0 N–H and O–H groups in total. The highest BCUT2D eigenvalue weighted by molar-refractivity contribution is 5.83. The Labute approximate surface area is 99.6 Å². The average molecular weight is 227 g/mol. The molecule has 0 aliphatic carbocycles. The molecule has 0 saturated carbocycles. The molecule has 1 unspecified atom stereocenters. The van der Waals surface area contributed by atoms with Gasteiger partial charge in [0.2, 0.25) is 0 Å². The Kier molecular flexibility index (Phi) is 2.54. The van der Waals surface area contributed by atoms with Crippen molar-refractivity contribution in [1.29, 1.82) is 0 Å². The normalized spacial score (nSPS) is 20.3. The Balaban J connectivity index is 2.09. The van der Waals surface area contributed by atoms with Crippen LogP contribution in [0.2, 0.25) is 0 Å². The Bertz CT molecular complexity index is 576. The zero-order chi connectivity index (χ0) is 11.7. The molecule has 17 heavy (non-hydrogen) atoms. The van der Waals surface area contributed by atoms with Gasteiger partial charge in [-0.2, -0.15) is 5.10 Å². The van der Waals surface area contributed by atoms with Gasteiger partial charge in [0, 0.05) is 18.2 Å². The lowest BCUT2D eigenvalue weighted by atomic mass is 10.2. The maximum Gasteiger partial charge on any atom is 0.150 e. The number of terminal acetylenes is 1. The summed E-state index contributed by atoms with van der Waals surface area (Å²) in [6.45, 7) is 0.800. The van der Waals surface area contributed by atoms with Gasteiger partial charge in [0.15, 0.2) is 6.23 Å². The molecule has 3 heterocycles. The van der Waals surface area contributed by atoms with E-state index in [2.05, 4.69) is 16.0 Å². The smallest absolute Gasteiger partial charge is 0.150 e. The lowest BCUT2D eigenvalue weighted by Crippen LogP contribution is -2.18. The van der Waals surface area contributed by atoms with Crippen LogP contribution >= 0.6 is 0 Å². The molecule has 1 aliphatic heterocycles. The van der Waals surface area contributed by atoms with Crippen LogP contribution in [0.1, 0.15) is 31.1 Å². The minimum absolute atomic E-state index is 0.0241. The first-order valence-electron chi connectivity index (χ1n) is 5.79. The van der Waals surface area contributed by atoms with Crippen LogP contribution in [0, 0.1) is 12.3 Å². The van der Waals surface area contributed by atoms with Crippen LogP contribution in [0.4, 0.5) is 0 Å². The number of aromatic nitrogens is 3. The maximum absolute atomic E-state index is 5.72. The van der Waals surface area contributed by atoms with Crippen molar-refractivity contribution in [1.82, 2.24) is 14.8 Å². The maximum atomic E-state index is 5.72. The third-order valence-corrected chi connectivity index (χ3v) is 3.11. The number of fused-ring (bicyclic) bond motifs is 1. The average Bonchev–Trinajstić information content (AvgIpc) is 2.83. The lowest BCUT2D eigenvalue weighted by Gasteiger charge is -2.23. The summed E-state index contributed by atoms with van der Waals surface area (Å²) in [4.78, 5) is 4.15. The van der Waals surface area contributed by atoms with Crippen molar-refractivity contribution >= 4 is 10.9 Å². The van der Waals surface area contributed by atoms with Gasteiger partial charge >= 0.3 is 0 Å². The van der Waals surface area contributed by atoms with E-state index in [-0.39, 0.29) is 6.23 Å². The van der Waals surface area contributed by atoms with Crippen LogP contribution in [0.15, 0.2) is 18.6 Å². The van der Waals surface area contributed by atoms with E-state index in [4.69, 9.17) is 11.2 Å². The first-order valence-corrected chi connectivity index (χ1v) is 5.79. The molecule has 1 fully saturated rings. The third-order valence-electron chi connectivity index (χ3n) is 3.11. The van der Waals surface area contributed by atoms with E-state index >= 15 is 0 Å². The monoisotopic (exact) mass is 227 g/mol. The Morgan fingerprint density at radius 2 is 2.29 bits per heavy atom. The zero-order valence-corrected chi connectivity index (χ0v) is 9.47. The Hall–Kier alpha value is -1.86. The van der Waals surface area contributed by atoms with Crippen molar-refractivity contribution in [2.45, 2.75) is 25.5 Å². The number of pyridine rings is 1. The standard InChI is InChI=1S/C13H13N3O/c1-2-10-7-14-9-12-11(10)8-15-16(12)13-5-3-4-6-17-13/h1,7-9,13H,3-6H2. The predicted octanol–water partition coefficient (Wildman–Crippen LogP) is 2.11. The summed E-state index contributed by atoms with van der Waals surface area (Å²) in [5.74, 6) is 2.63. The molecule has 2 aromatic heterocycles. The number of hydrogen-bond donors (Lipinski definition) is 0. The topological polar surface area (TPSA) is 39.9 Å². The SMILES string of the molecule is C#Cc1cncc2c1cnn2C1CCCCO1. The minimum atomic E-state index is 0.0241. The highest BCUT2D eigenvalue weighted by Crippen LogP contribution is 2.26. The summed E-state index contributed by atoms with van der Waals surface area (Å²) in [6, 6.07) is 0. The summed E-state index contributed by atoms with van der Waals surface area (Å²) in [5, 5.41) is 5.35. The second-order valence-corrected chi connectivity index (χ2v) is 4.17. The van der Waals surface area contributed by atoms with Gasteiger partial charge in [0.25, 0.3) is 0 Å². The number of ether oxygens (including phenoxy) is 1. The van der Waals surface area contributed by atoms with E-state index < -0.39 is 0 Å². The van der Waals surface area contributed by atoms with Crippen LogP contribution in [-0.2, 0) is 4.74 Å². The van der Waals surface area contributed by atoms with Gasteiger partial charge in [-0.1, -0.05) is 5.92 Å². The summed E-state index contributed by atoms with van der Waals surface area (Å²) in [7, 11) is 0. The van der Waals surface area contributed by atoms with Gasteiger partial charge in [-0.25, -0.2) is 4.68 Å². The van der Waals surface area contributed by atoms with Gasteiger partial charge in [-0.15, -0.1) is 6.42 Å². The van der Waals surface area contributed by atoms with Crippen LogP contribution in [-0.4, -0.2) is 21.4 Å². The van der Waals surface area contributed by atoms with Crippen molar-refractivity contribution < 1.29 is 4.74 Å². The molecule has 0 radical (unpaired) electrons. The van der Waals surface area contributed by atoms with E-state index in [1.807, 2.05) is 4.68 Å². The Morgan fingerprint density at radius 3 is 3.06 bits per heavy atom. The molecule has 3 rings (SSSR count). The molecule has 86 valence electrons. The van der Waals surface area contributed by atoms with E-state index in [0.717, 1.165) is 35.9 Å². The quantitative estimate of drug-likeness (QED) is 0.700. The van der Waals surface area contributed by atoms with Gasteiger partial charge in [-0.3, -0.25) is 4.98 Å². The fourth-order valence-corrected chi connectivity index (χ4v) is 2.22. The predicted molar refractivity (Wildman–Crippen MR) is 64.3 cm³/mol. The second-order valence-electron chi connectivity index (χ2n) is 4.17. The fraction of sp³-hybridized carbons (Fsp3) is 0.385. The second kappa shape index (κ2) is 4.19. The van der Waals surface area contributed by atoms with Gasteiger partial charge < -0.3 is 4.74 Å². The largest absolute Gasteiger partial charge is 0.356 e. The van der Waals surface area contributed by atoms with Crippen LogP contribution < -0.4 is 0 Å². The number of rotatable bonds is 1. The van der Waals surface area contributed by atoms with Crippen LogP contribution in [0.25, 0.3) is 10.9 Å². The van der Waals surface area contributed by atoms with E-state index in [1.165, 1.54) is 6.42 Å². The lowest BCUT2D eigenvalue weighted by molar-refractivity contribution is -0.0367. The van der Waals surface area contributed by atoms with Crippen molar-refractivity contribution in [3.05, 3.63) is 24.2 Å². The summed E-state index contributed by atoms with van der Waals surface area (Å²) in [6.07, 6.45) is 14.0. The van der Waals surface area contributed by atoms with Gasteiger partial charge in [-0.05, 0) is 19.3 Å². The summed E-state index contributed by atoms with van der Waals surface area (Å²) >= 11 is 0. The highest BCUT2D eigenvalue weighted by atomic mass is 16.5. The van der Waals surface area contributed by atoms with Crippen molar-refractivity contribution in [2.24, 2.45) is 0 Å². The fourth-order valence-electron chi connectivity index (χ4n) is 2.22. The van der Waals surface area contributed by atoms with E-state index in [0.29, 0.717) is 0 Å². The first-order chi connectivity index (χ1) is 8.40. The molecule has 0 spiro atoms. The summed E-state index contributed by atoms with van der Waals surface area (Å²) in [5.41, 5.74) is 1.73. The van der Waals surface area contributed by atoms with E-state index in [9.17, 15) is 0 Å². The number of hydrogen-bond acceptors (Lipinski definition) is 3. The van der Waals surface area contributed by atoms with Crippen LogP contribution in [0.5, 0.6) is 0 Å². The minimum Gasteiger partial charge on any atom is -0.356 e.